The van der Waals surface area contributed by atoms with Gasteiger partial charge in [-0.25, -0.2) is 0 Å². The summed E-state index contributed by atoms with van der Waals surface area (Å²) < 4.78 is 0. The van der Waals surface area contributed by atoms with E-state index in [0.717, 1.165) is 12.0 Å². The number of allylic oxidation sites excluding steroid dienone is 1. The van der Waals surface area contributed by atoms with Gasteiger partial charge in [0.25, 0.3) is 0 Å². The van der Waals surface area contributed by atoms with E-state index in [1.807, 2.05) is 18.5 Å². The molecule has 0 radical (unpaired) electrons. The Morgan fingerprint density at radius 3 is 1.83 bits per heavy atom. The Bertz CT molecular complexity index is 2540. The van der Waals surface area contributed by atoms with E-state index in [1.165, 1.54) is 88.0 Å². The van der Waals surface area contributed by atoms with E-state index in [0.29, 0.717) is 5.92 Å². The molecule has 0 saturated heterocycles. The van der Waals surface area contributed by atoms with Crippen LogP contribution in [0.15, 0.2) is 158 Å². The zero-order chi connectivity index (χ0) is 30.2. The van der Waals surface area contributed by atoms with E-state index in [9.17, 15) is 0 Å². The van der Waals surface area contributed by atoms with Gasteiger partial charge in [-0.15, -0.1) is 0 Å². The van der Waals surface area contributed by atoms with E-state index in [-0.39, 0.29) is 0 Å². The summed E-state index contributed by atoms with van der Waals surface area (Å²) >= 11 is 0. The van der Waals surface area contributed by atoms with Crippen LogP contribution in [0.4, 0.5) is 0 Å². The smallest absolute Gasteiger partial charge is 0.0346 e. The summed E-state index contributed by atoms with van der Waals surface area (Å²) in [4.78, 5) is 4.30. The third-order valence-corrected chi connectivity index (χ3v) is 10.3. The molecule has 1 nitrogen and oxygen atoms in total. The largest absolute Gasteiger partial charge is 0.264 e. The molecule has 1 atom stereocenters. The van der Waals surface area contributed by atoms with Gasteiger partial charge in [-0.1, -0.05) is 127 Å². The van der Waals surface area contributed by atoms with Crippen LogP contribution in [-0.2, 0) is 0 Å². The molecule has 0 amide bonds. The van der Waals surface area contributed by atoms with Crippen molar-refractivity contribution in [1.82, 2.24) is 4.98 Å². The van der Waals surface area contributed by atoms with Gasteiger partial charge in [-0.3, -0.25) is 4.98 Å². The molecule has 1 heterocycles. The minimum Gasteiger partial charge on any atom is -0.264 e. The lowest BCUT2D eigenvalue weighted by molar-refractivity contribution is 0.840. The van der Waals surface area contributed by atoms with Gasteiger partial charge in [0, 0.05) is 23.9 Å². The summed E-state index contributed by atoms with van der Waals surface area (Å²) in [5.74, 6) is 0.474. The molecule has 8 aromatic rings. The minimum absolute atomic E-state index is 0.474. The Balaban J connectivity index is 0.988. The maximum atomic E-state index is 4.30. The fraction of sp³-hybridized carbons (Fsp3) is 0.0444. The molecule has 1 aromatic heterocycles. The van der Waals surface area contributed by atoms with Crippen LogP contribution in [-0.4, -0.2) is 4.98 Å². The van der Waals surface area contributed by atoms with E-state index >= 15 is 0 Å². The van der Waals surface area contributed by atoms with Crippen molar-refractivity contribution >= 4 is 37.9 Å². The van der Waals surface area contributed by atoms with E-state index in [4.69, 9.17) is 0 Å². The summed E-state index contributed by atoms with van der Waals surface area (Å²) in [5, 5.41) is 7.67. The maximum absolute atomic E-state index is 4.30. The Hall–Kier alpha value is -5.79. The molecule has 0 saturated carbocycles. The maximum Gasteiger partial charge on any atom is 0.0346 e. The van der Waals surface area contributed by atoms with Crippen LogP contribution in [0, 0.1) is 0 Å². The van der Waals surface area contributed by atoms with Gasteiger partial charge in [-0.05, 0) is 113 Å². The number of aromatic nitrogens is 1. The van der Waals surface area contributed by atoms with E-state index in [2.05, 4.69) is 145 Å². The van der Waals surface area contributed by atoms with Crippen molar-refractivity contribution in [3.63, 3.8) is 0 Å². The van der Waals surface area contributed by atoms with Crippen molar-refractivity contribution in [2.75, 3.05) is 0 Å². The van der Waals surface area contributed by atoms with E-state index in [1.54, 1.807) is 0 Å². The average molecular weight is 584 g/mol. The molecule has 46 heavy (non-hydrogen) atoms. The number of benzene rings is 7. The van der Waals surface area contributed by atoms with Crippen LogP contribution in [0.25, 0.3) is 71.3 Å². The summed E-state index contributed by atoms with van der Waals surface area (Å²) in [5.41, 5.74) is 14.6. The summed E-state index contributed by atoms with van der Waals surface area (Å²) in [6, 6.07) is 51.8. The number of rotatable bonds is 3. The number of fused-ring (bicyclic) bond motifs is 8. The molecule has 0 aliphatic heterocycles. The van der Waals surface area contributed by atoms with Gasteiger partial charge in [0.1, 0.15) is 0 Å². The molecule has 0 bridgehead atoms. The molecule has 10 rings (SSSR count). The van der Waals surface area contributed by atoms with Crippen molar-refractivity contribution in [2.45, 2.75) is 12.3 Å². The highest BCUT2D eigenvalue weighted by molar-refractivity contribution is 6.18. The van der Waals surface area contributed by atoms with Gasteiger partial charge < -0.3 is 0 Å². The van der Waals surface area contributed by atoms with Crippen molar-refractivity contribution < 1.29 is 0 Å². The first-order valence-corrected chi connectivity index (χ1v) is 16.1. The quantitative estimate of drug-likeness (QED) is 0.189. The summed E-state index contributed by atoms with van der Waals surface area (Å²) in [6.45, 7) is 0. The second-order valence-corrected chi connectivity index (χ2v) is 12.7. The van der Waals surface area contributed by atoms with Crippen LogP contribution in [0.5, 0.6) is 0 Å². The highest BCUT2D eigenvalue weighted by atomic mass is 14.6. The molecule has 2 aliphatic carbocycles. The standard InChI is InChI=1S/C45H29N/c1-2-7-39-38(6-1)43-9-3-8-42-35(22-23-44(39)45(42)43)29-12-10-28(11-13-29)30-14-18-36-32(25-30)16-20-41-37-19-15-31(34-5-4-24-46-27-34)26-33(37)17-21-40(36)41/h1-22,24-27,44H,23H2. The highest BCUT2D eigenvalue weighted by Crippen LogP contribution is 2.52. The molecule has 0 N–H and O–H groups in total. The first-order valence-electron chi connectivity index (χ1n) is 16.1. The Labute approximate surface area is 268 Å². The van der Waals surface area contributed by atoms with Gasteiger partial charge in [0.15, 0.2) is 0 Å². The molecule has 0 fully saturated rings. The average Bonchev–Trinajstić information content (AvgIpc) is 3.46. The normalized spacial score (nSPS) is 14.8. The van der Waals surface area contributed by atoms with Crippen LogP contribution >= 0.6 is 0 Å². The first-order chi connectivity index (χ1) is 22.8. The van der Waals surface area contributed by atoms with E-state index < -0.39 is 0 Å². The van der Waals surface area contributed by atoms with Crippen LogP contribution in [0.3, 0.4) is 0 Å². The van der Waals surface area contributed by atoms with Gasteiger partial charge in [0.05, 0.1) is 0 Å². The van der Waals surface area contributed by atoms with Crippen LogP contribution in [0.2, 0.25) is 0 Å². The number of pyridine rings is 1. The SMILES string of the molecule is C1=C(c2ccc(-c3ccc4c(ccc5c6ccc(-c7cccnc7)cc6ccc45)c3)cc2)c2cccc3c2C(C1)c1ccccc1-3. The predicted molar refractivity (Wildman–Crippen MR) is 193 cm³/mol. The van der Waals surface area contributed by atoms with Crippen molar-refractivity contribution in [3.05, 3.63) is 180 Å². The molecular weight excluding hydrogens is 555 g/mol. The van der Waals surface area contributed by atoms with Crippen LogP contribution in [0.1, 0.15) is 34.6 Å². The second kappa shape index (κ2) is 9.86. The second-order valence-electron chi connectivity index (χ2n) is 12.7. The van der Waals surface area contributed by atoms with Crippen molar-refractivity contribution in [1.29, 1.82) is 0 Å². The summed E-state index contributed by atoms with van der Waals surface area (Å²) in [7, 11) is 0. The predicted octanol–water partition coefficient (Wildman–Crippen LogP) is 11.8. The third-order valence-electron chi connectivity index (χ3n) is 10.3. The molecule has 214 valence electrons. The fourth-order valence-corrected chi connectivity index (χ4v) is 8.10. The lowest BCUT2D eigenvalue weighted by atomic mass is 9.80. The topological polar surface area (TPSA) is 12.9 Å². The van der Waals surface area contributed by atoms with Gasteiger partial charge >= 0.3 is 0 Å². The third kappa shape index (κ3) is 3.79. The van der Waals surface area contributed by atoms with Crippen LogP contribution < -0.4 is 0 Å². The number of hydrogen-bond donors (Lipinski definition) is 0. The summed E-state index contributed by atoms with van der Waals surface area (Å²) in [6.07, 6.45) is 7.26. The van der Waals surface area contributed by atoms with Gasteiger partial charge in [0.2, 0.25) is 0 Å². The molecular formula is C45H29N. The Morgan fingerprint density at radius 2 is 1.09 bits per heavy atom. The molecule has 0 spiro atoms. The Kier molecular flexibility index (Phi) is 5.47. The molecule has 7 aromatic carbocycles. The van der Waals surface area contributed by atoms with Crippen molar-refractivity contribution in [2.24, 2.45) is 0 Å². The number of hydrogen-bond acceptors (Lipinski definition) is 1. The fourth-order valence-electron chi connectivity index (χ4n) is 8.10. The zero-order valence-corrected chi connectivity index (χ0v) is 25.2. The first kappa shape index (κ1) is 25.5. The monoisotopic (exact) mass is 583 g/mol. The van der Waals surface area contributed by atoms with Gasteiger partial charge in [-0.2, -0.15) is 0 Å². The molecule has 1 heteroatoms. The number of nitrogens with zero attached hydrogens (tertiary/aromatic N) is 1. The molecule has 2 aliphatic rings. The minimum atomic E-state index is 0.474. The molecule has 1 unspecified atom stereocenters. The zero-order valence-electron chi connectivity index (χ0n) is 25.2. The Morgan fingerprint density at radius 1 is 0.457 bits per heavy atom. The lowest BCUT2D eigenvalue weighted by Crippen LogP contribution is -2.06. The lowest BCUT2D eigenvalue weighted by Gasteiger charge is -2.23. The van der Waals surface area contributed by atoms with Crippen molar-refractivity contribution in [3.8, 4) is 33.4 Å². The highest BCUT2D eigenvalue weighted by Gasteiger charge is 2.33.